The maximum atomic E-state index is 11.8. The third kappa shape index (κ3) is 3.98. The molecule has 1 amide bonds. The zero-order valence-corrected chi connectivity index (χ0v) is 13.8. The van der Waals surface area contributed by atoms with Gasteiger partial charge in [-0.1, -0.05) is 18.2 Å². The minimum Gasteiger partial charge on any atom is -0.497 e. The highest BCUT2D eigenvalue weighted by Gasteiger charge is 2.30. The maximum Gasteiger partial charge on any atom is 0.225 e. The molecule has 1 atom stereocenters. The number of nitrogens with zero attached hydrogens (tertiary/aromatic N) is 1. The number of methoxy groups -OCH3 is 1. The van der Waals surface area contributed by atoms with Gasteiger partial charge in [-0.3, -0.25) is 4.79 Å². The number of rotatable bonds is 8. The van der Waals surface area contributed by atoms with Crippen molar-refractivity contribution in [1.82, 2.24) is 4.90 Å². The second-order valence-electron chi connectivity index (χ2n) is 5.68. The number of amides is 1. The van der Waals surface area contributed by atoms with Crippen molar-refractivity contribution in [3.8, 4) is 11.5 Å². The lowest BCUT2D eigenvalue weighted by Gasteiger charge is -2.39. The second kappa shape index (κ2) is 7.73. The maximum absolute atomic E-state index is 11.8. The number of para-hydroxylation sites is 1. The molecular formula is C19H22N2O3. The fourth-order valence-corrected chi connectivity index (χ4v) is 2.65. The van der Waals surface area contributed by atoms with Gasteiger partial charge in [0.1, 0.15) is 17.7 Å². The quantitative estimate of drug-likeness (QED) is 0.757. The van der Waals surface area contributed by atoms with Crippen LogP contribution in [0.15, 0.2) is 54.6 Å². The van der Waals surface area contributed by atoms with E-state index < -0.39 is 0 Å². The number of carbonyl (C=O) groups excluding carboxylic acids is 1. The zero-order valence-electron chi connectivity index (χ0n) is 13.8. The number of hydrogen-bond acceptors (Lipinski definition) is 4. The Balaban J connectivity index is 1.59. The number of ether oxygens (including phenoxy) is 2. The summed E-state index contributed by atoms with van der Waals surface area (Å²) < 4.78 is 10.9. The predicted molar refractivity (Wildman–Crippen MR) is 93.3 cm³/mol. The molecule has 24 heavy (non-hydrogen) atoms. The molecule has 3 rings (SSSR count). The van der Waals surface area contributed by atoms with E-state index in [-0.39, 0.29) is 12.1 Å². The van der Waals surface area contributed by atoms with Crippen LogP contribution in [-0.4, -0.2) is 37.2 Å². The molecule has 1 fully saturated rings. The van der Waals surface area contributed by atoms with E-state index in [1.54, 1.807) is 7.11 Å². The molecule has 0 radical (unpaired) electrons. The third-order valence-electron chi connectivity index (χ3n) is 4.09. The van der Waals surface area contributed by atoms with Gasteiger partial charge in [-0.25, -0.2) is 0 Å². The van der Waals surface area contributed by atoms with E-state index in [1.807, 2.05) is 59.5 Å². The monoisotopic (exact) mass is 326 g/mol. The normalized spacial score (nSPS) is 14.7. The third-order valence-corrected chi connectivity index (χ3v) is 4.09. The van der Waals surface area contributed by atoms with Crippen molar-refractivity contribution in [2.24, 2.45) is 0 Å². The lowest BCUT2D eigenvalue weighted by molar-refractivity contribution is -0.142. The first kappa shape index (κ1) is 16.2. The van der Waals surface area contributed by atoms with Crippen LogP contribution in [0, 0.1) is 0 Å². The molecule has 0 aromatic heterocycles. The standard InChI is InChI=1S/C19H22N2O3/c1-23-16-9-7-15(8-10-16)20-18(21-13-11-19(21)22)12-14-24-17-5-3-2-4-6-17/h2-10,18,20H,11-14H2,1H3/t18-/m1/s1. The highest BCUT2D eigenvalue weighted by atomic mass is 16.5. The van der Waals surface area contributed by atoms with Crippen LogP contribution in [0.25, 0.3) is 0 Å². The van der Waals surface area contributed by atoms with Crippen LogP contribution in [-0.2, 0) is 4.79 Å². The summed E-state index contributed by atoms with van der Waals surface area (Å²) in [4.78, 5) is 13.7. The van der Waals surface area contributed by atoms with Gasteiger partial charge in [0.15, 0.2) is 0 Å². The fourth-order valence-electron chi connectivity index (χ4n) is 2.65. The summed E-state index contributed by atoms with van der Waals surface area (Å²) >= 11 is 0. The molecule has 1 aliphatic heterocycles. The molecule has 0 saturated carbocycles. The van der Waals surface area contributed by atoms with E-state index in [9.17, 15) is 4.79 Å². The zero-order chi connectivity index (χ0) is 16.8. The van der Waals surface area contributed by atoms with Crippen LogP contribution < -0.4 is 14.8 Å². The van der Waals surface area contributed by atoms with E-state index in [0.717, 1.165) is 23.7 Å². The Kier molecular flexibility index (Phi) is 5.21. The molecule has 2 aromatic rings. The number of β-lactam (4-membered cyclic amide) rings is 1. The molecule has 1 heterocycles. The average Bonchev–Trinajstić information content (AvgIpc) is 2.62. The van der Waals surface area contributed by atoms with Crippen molar-refractivity contribution >= 4 is 11.6 Å². The molecule has 0 aliphatic carbocycles. The van der Waals surface area contributed by atoms with Gasteiger partial charge in [-0.15, -0.1) is 0 Å². The Bertz CT molecular complexity index is 658. The van der Waals surface area contributed by atoms with Crippen LogP contribution in [0.1, 0.15) is 12.8 Å². The van der Waals surface area contributed by atoms with Crippen molar-refractivity contribution < 1.29 is 14.3 Å². The highest BCUT2D eigenvalue weighted by molar-refractivity contribution is 5.82. The summed E-state index contributed by atoms with van der Waals surface area (Å²) in [5.74, 6) is 1.83. The van der Waals surface area contributed by atoms with E-state index >= 15 is 0 Å². The summed E-state index contributed by atoms with van der Waals surface area (Å²) in [5, 5.41) is 3.42. The van der Waals surface area contributed by atoms with Crippen molar-refractivity contribution in [2.45, 2.75) is 19.0 Å². The van der Waals surface area contributed by atoms with Crippen LogP contribution in [0.5, 0.6) is 11.5 Å². The number of hydrogen-bond donors (Lipinski definition) is 1. The highest BCUT2D eigenvalue weighted by Crippen LogP contribution is 2.21. The van der Waals surface area contributed by atoms with Gasteiger partial charge in [0, 0.05) is 25.1 Å². The van der Waals surface area contributed by atoms with Gasteiger partial charge >= 0.3 is 0 Å². The van der Waals surface area contributed by atoms with Crippen LogP contribution >= 0.6 is 0 Å². The Morgan fingerprint density at radius 2 is 1.83 bits per heavy atom. The number of nitrogens with one attached hydrogen (secondary N) is 1. The van der Waals surface area contributed by atoms with Gasteiger partial charge in [-0.2, -0.15) is 0 Å². The lowest BCUT2D eigenvalue weighted by atomic mass is 10.1. The molecule has 1 aliphatic rings. The molecule has 5 heteroatoms. The first-order valence-corrected chi connectivity index (χ1v) is 8.14. The number of benzene rings is 2. The van der Waals surface area contributed by atoms with Gasteiger partial charge in [0.25, 0.3) is 0 Å². The minimum absolute atomic E-state index is 0.0663. The summed E-state index contributed by atoms with van der Waals surface area (Å²) in [5.41, 5.74) is 0.959. The molecule has 0 spiro atoms. The Morgan fingerprint density at radius 1 is 1.08 bits per heavy atom. The van der Waals surface area contributed by atoms with Gasteiger partial charge in [0.05, 0.1) is 13.7 Å². The Morgan fingerprint density at radius 3 is 2.42 bits per heavy atom. The van der Waals surface area contributed by atoms with Crippen molar-refractivity contribution in [1.29, 1.82) is 0 Å². The molecular weight excluding hydrogens is 304 g/mol. The smallest absolute Gasteiger partial charge is 0.225 e. The van der Waals surface area contributed by atoms with Crippen LogP contribution in [0.3, 0.4) is 0 Å². The number of carbonyl (C=O) groups is 1. The van der Waals surface area contributed by atoms with Crippen molar-refractivity contribution in [3.05, 3.63) is 54.6 Å². The molecule has 0 unspecified atom stereocenters. The van der Waals surface area contributed by atoms with Crippen LogP contribution in [0.4, 0.5) is 5.69 Å². The molecule has 1 N–H and O–H groups in total. The molecule has 2 aromatic carbocycles. The molecule has 1 saturated heterocycles. The number of likely N-dealkylation sites (tertiary alicyclic amines) is 1. The molecule has 126 valence electrons. The van der Waals surface area contributed by atoms with E-state index in [1.165, 1.54) is 0 Å². The van der Waals surface area contributed by atoms with Crippen molar-refractivity contribution in [2.75, 3.05) is 25.6 Å². The second-order valence-corrected chi connectivity index (χ2v) is 5.68. The van der Waals surface area contributed by atoms with Crippen molar-refractivity contribution in [3.63, 3.8) is 0 Å². The predicted octanol–water partition coefficient (Wildman–Crippen LogP) is 3.13. The summed E-state index contributed by atoms with van der Waals surface area (Å²) in [6, 6.07) is 17.4. The molecule has 5 nitrogen and oxygen atoms in total. The largest absolute Gasteiger partial charge is 0.497 e. The fraction of sp³-hybridized carbons (Fsp3) is 0.316. The van der Waals surface area contributed by atoms with E-state index in [4.69, 9.17) is 9.47 Å². The van der Waals surface area contributed by atoms with E-state index in [0.29, 0.717) is 19.4 Å². The summed E-state index contributed by atoms with van der Waals surface area (Å²) in [6.07, 6.45) is 1.27. The van der Waals surface area contributed by atoms with Gasteiger partial charge in [-0.05, 0) is 36.4 Å². The molecule has 0 bridgehead atoms. The first-order valence-electron chi connectivity index (χ1n) is 8.14. The SMILES string of the molecule is COc1ccc(N[C@@H](CCOc2ccccc2)N2CCC2=O)cc1. The average molecular weight is 326 g/mol. The first-order chi connectivity index (χ1) is 11.8. The Labute approximate surface area is 142 Å². The summed E-state index contributed by atoms with van der Waals surface area (Å²) in [6.45, 7) is 1.33. The lowest BCUT2D eigenvalue weighted by Crippen LogP contribution is -2.53. The number of anilines is 1. The minimum atomic E-state index is -0.0663. The topological polar surface area (TPSA) is 50.8 Å². The Hall–Kier alpha value is -2.69. The van der Waals surface area contributed by atoms with Crippen LogP contribution in [0.2, 0.25) is 0 Å². The van der Waals surface area contributed by atoms with Gasteiger partial charge in [0.2, 0.25) is 5.91 Å². The van der Waals surface area contributed by atoms with Gasteiger partial charge < -0.3 is 19.7 Å². The summed E-state index contributed by atoms with van der Waals surface area (Å²) in [7, 11) is 1.64. The van der Waals surface area contributed by atoms with E-state index in [2.05, 4.69) is 5.32 Å².